The fourth-order valence-corrected chi connectivity index (χ4v) is 7.06. The summed E-state index contributed by atoms with van der Waals surface area (Å²) in [5.74, 6) is -3.46. The van der Waals surface area contributed by atoms with E-state index in [0.29, 0.717) is 12.0 Å². The van der Waals surface area contributed by atoms with Crippen LogP contribution in [-0.2, 0) is 34.9 Å². The number of aliphatic hydroxyl groups is 4. The van der Waals surface area contributed by atoms with E-state index >= 15 is 0 Å². The topological polar surface area (TPSA) is 202 Å². The Morgan fingerprint density at radius 1 is 1.02 bits per heavy atom. The minimum absolute atomic E-state index is 0.0122. The molecule has 0 aliphatic carbocycles. The summed E-state index contributed by atoms with van der Waals surface area (Å²) in [5, 5.41) is 63.8. The van der Waals surface area contributed by atoms with Gasteiger partial charge in [0.1, 0.15) is 28.9 Å². The molecule has 2 aliphatic rings. The number of allylic oxidation sites excluding steroid dienone is 4. The van der Waals surface area contributed by atoms with Crippen LogP contribution < -0.4 is 0 Å². The Hall–Kier alpha value is -3.24. The SMILES string of the molecule is CCc1c(Cl)c(O)c(Cl)c(O)c1C(=O)O[C@H]1[C@H](O)[C@H](OC)[C@H](OC/C2=C\C=C\C[C@H](O)/C(C)=C/[C@H](CC)[C@@H](O)/C(C)=C/C(C)=C/C[C@@H]([C@@H](C)O)OC2=O)O[C@@H]1C. The molecule has 1 fully saturated rings. The molecule has 2 heterocycles. The summed E-state index contributed by atoms with van der Waals surface area (Å²) in [4.78, 5) is 27.0. The second-order valence-electron chi connectivity index (χ2n) is 14.2. The monoisotopic (exact) mass is 826 g/mol. The number of hydrogen-bond donors (Lipinski definition) is 6. The van der Waals surface area contributed by atoms with E-state index in [0.717, 1.165) is 11.1 Å². The molecule has 0 radical (unpaired) electrons. The molecule has 1 aromatic rings. The van der Waals surface area contributed by atoms with E-state index in [1.54, 1.807) is 32.1 Å². The summed E-state index contributed by atoms with van der Waals surface area (Å²) in [6, 6.07) is 0. The van der Waals surface area contributed by atoms with Crippen LogP contribution in [0.3, 0.4) is 0 Å². The second-order valence-corrected chi connectivity index (χ2v) is 14.9. The molecule has 3 rings (SSSR count). The molecular formula is C41H56Cl2O13. The van der Waals surface area contributed by atoms with Crippen LogP contribution in [0.5, 0.6) is 11.5 Å². The largest absolute Gasteiger partial charge is 0.505 e. The number of phenolic OH excluding ortho intramolecular Hbond substituents is 2. The van der Waals surface area contributed by atoms with Crippen LogP contribution in [0.4, 0.5) is 0 Å². The molecule has 15 heteroatoms. The summed E-state index contributed by atoms with van der Waals surface area (Å²) in [6.45, 7) is 11.7. The highest BCUT2D eigenvalue weighted by molar-refractivity contribution is 6.39. The zero-order valence-electron chi connectivity index (χ0n) is 33.1. The quantitative estimate of drug-likeness (QED) is 0.129. The van der Waals surface area contributed by atoms with Gasteiger partial charge in [0.15, 0.2) is 23.9 Å². The number of carbonyl (C=O) groups is 2. The van der Waals surface area contributed by atoms with Crippen LogP contribution in [0.15, 0.2) is 58.7 Å². The molecule has 0 amide bonds. The third-order valence-electron chi connectivity index (χ3n) is 9.98. The number of cyclic esters (lactones) is 1. The highest BCUT2D eigenvalue weighted by Gasteiger charge is 2.47. The van der Waals surface area contributed by atoms with Crippen molar-refractivity contribution < 1.29 is 63.9 Å². The Morgan fingerprint density at radius 3 is 2.30 bits per heavy atom. The van der Waals surface area contributed by atoms with Crippen LogP contribution in [0, 0.1) is 5.92 Å². The van der Waals surface area contributed by atoms with Crippen LogP contribution in [0.25, 0.3) is 0 Å². The van der Waals surface area contributed by atoms with E-state index < -0.39 is 90.2 Å². The molecule has 0 bridgehead atoms. The van der Waals surface area contributed by atoms with Gasteiger partial charge in [0.25, 0.3) is 0 Å². The number of halogens is 2. The number of methoxy groups -OCH3 is 1. The van der Waals surface area contributed by atoms with Crippen molar-refractivity contribution in [3.8, 4) is 11.5 Å². The van der Waals surface area contributed by atoms with E-state index in [1.807, 2.05) is 32.9 Å². The van der Waals surface area contributed by atoms with Crippen molar-refractivity contribution in [3.63, 3.8) is 0 Å². The number of esters is 2. The first-order chi connectivity index (χ1) is 26.4. The summed E-state index contributed by atoms with van der Waals surface area (Å²) in [6.07, 6.45) is 1.28. The molecule has 0 spiro atoms. The summed E-state index contributed by atoms with van der Waals surface area (Å²) < 4.78 is 28.8. The van der Waals surface area contributed by atoms with Crippen molar-refractivity contribution in [1.82, 2.24) is 0 Å². The molecule has 13 nitrogen and oxygen atoms in total. The lowest BCUT2D eigenvalue weighted by Crippen LogP contribution is -2.59. The fraction of sp³-hybridized carbons (Fsp3) is 0.561. The summed E-state index contributed by atoms with van der Waals surface area (Å²) in [5.41, 5.74) is 1.90. The van der Waals surface area contributed by atoms with Gasteiger partial charge in [-0.25, -0.2) is 9.59 Å². The van der Waals surface area contributed by atoms with Gasteiger partial charge in [0.2, 0.25) is 0 Å². The molecule has 0 unspecified atom stereocenters. The predicted octanol–water partition coefficient (Wildman–Crippen LogP) is 5.79. The summed E-state index contributed by atoms with van der Waals surface area (Å²) in [7, 11) is 1.28. The third kappa shape index (κ3) is 11.7. The van der Waals surface area contributed by atoms with Gasteiger partial charge in [-0.2, -0.15) is 0 Å². The number of ether oxygens (including phenoxy) is 5. The maximum absolute atomic E-state index is 13.6. The third-order valence-corrected chi connectivity index (χ3v) is 10.7. The van der Waals surface area contributed by atoms with Gasteiger partial charge in [-0.1, -0.05) is 73.0 Å². The highest BCUT2D eigenvalue weighted by Crippen LogP contribution is 2.45. The van der Waals surface area contributed by atoms with Gasteiger partial charge in [0.05, 0.1) is 41.6 Å². The van der Waals surface area contributed by atoms with Gasteiger partial charge in [0, 0.05) is 19.4 Å². The van der Waals surface area contributed by atoms with Crippen molar-refractivity contribution in [3.05, 3.63) is 79.9 Å². The Bertz CT molecular complexity index is 1700. The van der Waals surface area contributed by atoms with E-state index in [9.17, 15) is 40.2 Å². The fourth-order valence-electron chi connectivity index (χ4n) is 6.50. The Balaban J connectivity index is 1.89. The molecule has 56 heavy (non-hydrogen) atoms. The van der Waals surface area contributed by atoms with Gasteiger partial charge < -0.3 is 54.3 Å². The normalized spacial score (nSPS) is 33.5. The van der Waals surface area contributed by atoms with E-state index in [4.69, 9.17) is 46.9 Å². The molecule has 312 valence electrons. The molecule has 10 atom stereocenters. The smallest absolute Gasteiger partial charge is 0.342 e. The number of hydrogen-bond acceptors (Lipinski definition) is 13. The Labute approximate surface area is 338 Å². The number of rotatable bonds is 9. The molecule has 1 saturated heterocycles. The standard InChI is InChI=1S/C41H56Cl2O13/c1-9-25-18-21(4)28(45)14-12-11-13-26(39(50)55-29(23(6)44)16-15-20(3)17-22(5)33(25)46)19-53-41-38(52-8)36(49)37(24(7)54-41)56-40(51)30-27(10-2)31(42)35(48)32(43)34(30)47/h11-13,15,17-18,23-25,28-29,33,36-38,41,44-49H,9-10,14,16,19H2,1-8H3/b12-11+,20-15+,21-18+,22-17+,26-13+/t23-,24-,25+,28+,29+,33+,36+,37-,38+,41-/m1/s1. The van der Waals surface area contributed by atoms with Crippen molar-refractivity contribution in [2.75, 3.05) is 13.7 Å². The summed E-state index contributed by atoms with van der Waals surface area (Å²) >= 11 is 12.2. The first-order valence-corrected chi connectivity index (χ1v) is 19.4. The molecular weight excluding hydrogens is 771 g/mol. The van der Waals surface area contributed by atoms with Crippen LogP contribution >= 0.6 is 23.2 Å². The molecule has 0 saturated carbocycles. The van der Waals surface area contributed by atoms with Crippen LogP contribution in [0.2, 0.25) is 10.0 Å². The number of carbonyl (C=O) groups excluding carboxylic acids is 2. The van der Waals surface area contributed by atoms with Crippen LogP contribution in [-0.4, -0.2) is 111 Å². The zero-order valence-corrected chi connectivity index (χ0v) is 34.6. The average molecular weight is 828 g/mol. The number of phenols is 2. The maximum atomic E-state index is 13.6. The zero-order chi connectivity index (χ0) is 42.0. The Morgan fingerprint density at radius 2 is 1.70 bits per heavy atom. The van der Waals surface area contributed by atoms with Crippen molar-refractivity contribution in [1.29, 1.82) is 0 Å². The van der Waals surface area contributed by atoms with E-state index in [-0.39, 0.29) is 46.9 Å². The highest BCUT2D eigenvalue weighted by atomic mass is 35.5. The van der Waals surface area contributed by atoms with Crippen molar-refractivity contribution >= 4 is 35.1 Å². The maximum Gasteiger partial charge on any atom is 0.342 e. The minimum Gasteiger partial charge on any atom is -0.505 e. The van der Waals surface area contributed by atoms with Gasteiger partial charge in [-0.3, -0.25) is 0 Å². The average Bonchev–Trinajstić information content (AvgIpc) is 3.15. The molecule has 0 aromatic heterocycles. The van der Waals surface area contributed by atoms with Gasteiger partial charge >= 0.3 is 11.9 Å². The lowest BCUT2D eigenvalue weighted by atomic mass is 9.90. The van der Waals surface area contributed by atoms with Gasteiger partial charge in [-0.05, 0) is 76.7 Å². The number of aliphatic hydroxyl groups excluding tert-OH is 4. The number of aromatic hydroxyl groups is 2. The second kappa shape index (κ2) is 21.5. The predicted molar refractivity (Wildman–Crippen MR) is 211 cm³/mol. The van der Waals surface area contributed by atoms with E-state index in [2.05, 4.69) is 0 Å². The molecule has 2 aliphatic heterocycles. The van der Waals surface area contributed by atoms with Crippen LogP contribution in [0.1, 0.15) is 83.7 Å². The number of benzene rings is 1. The first kappa shape index (κ1) is 47.1. The lowest BCUT2D eigenvalue weighted by molar-refractivity contribution is -0.295. The minimum atomic E-state index is -1.53. The first-order valence-electron chi connectivity index (χ1n) is 18.6. The van der Waals surface area contributed by atoms with Crippen molar-refractivity contribution in [2.24, 2.45) is 5.92 Å². The lowest BCUT2D eigenvalue weighted by Gasteiger charge is -2.42. The van der Waals surface area contributed by atoms with E-state index in [1.165, 1.54) is 27.0 Å². The Kier molecular flexibility index (Phi) is 18.1. The molecule has 1 aromatic carbocycles. The molecule has 6 N–H and O–H groups in total. The van der Waals surface area contributed by atoms with Crippen molar-refractivity contribution in [2.45, 2.75) is 129 Å². The van der Waals surface area contributed by atoms with Gasteiger partial charge in [-0.15, -0.1) is 0 Å².